The summed E-state index contributed by atoms with van der Waals surface area (Å²) in [7, 11) is 0. The van der Waals surface area contributed by atoms with Crippen LogP contribution in [0.3, 0.4) is 0 Å². The second kappa shape index (κ2) is 11.9. The third kappa shape index (κ3) is 6.28. The summed E-state index contributed by atoms with van der Waals surface area (Å²) in [6.45, 7) is 0.600. The molecule has 7 nitrogen and oxygen atoms in total. The number of benzene rings is 3. The van der Waals surface area contributed by atoms with Gasteiger partial charge in [0.05, 0.1) is 25.4 Å². The van der Waals surface area contributed by atoms with Crippen molar-refractivity contribution >= 4 is 5.97 Å². The zero-order valence-electron chi connectivity index (χ0n) is 18.6. The van der Waals surface area contributed by atoms with Crippen molar-refractivity contribution in [3.63, 3.8) is 0 Å². The number of rotatable bonds is 9. The molecule has 0 spiro atoms. The van der Waals surface area contributed by atoms with Crippen molar-refractivity contribution in [1.29, 1.82) is 0 Å². The van der Waals surface area contributed by atoms with Crippen LogP contribution in [-0.2, 0) is 32.2 Å². The predicted octanol–water partition coefficient (Wildman–Crippen LogP) is 3.09. The molecule has 3 aromatic rings. The Kier molecular flexibility index (Phi) is 8.41. The van der Waals surface area contributed by atoms with Gasteiger partial charge in [-0.1, -0.05) is 78.9 Å². The van der Waals surface area contributed by atoms with Crippen LogP contribution in [0.1, 0.15) is 21.5 Å². The number of carbonyl (C=O) groups excluding carboxylic acids is 1. The highest BCUT2D eigenvalue weighted by atomic mass is 16.7. The lowest BCUT2D eigenvalue weighted by Crippen LogP contribution is -2.60. The second-order valence-electron chi connectivity index (χ2n) is 8.05. The van der Waals surface area contributed by atoms with Gasteiger partial charge in [0.1, 0.15) is 18.3 Å². The summed E-state index contributed by atoms with van der Waals surface area (Å²) in [6, 6.07) is 27.6. The summed E-state index contributed by atoms with van der Waals surface area (Å²) in [5.41, 5.74) is 2.21. The molecule has 2 N–H and O–H groups in total. The molecule has 5 atom stereocenters. The minimum Gasteiger partial charge on any atom is -0.453 e. The third-order valence-electron chi connectivity index (χ3n) is 5.56. The van der Waals surface area contributed by atoms with Gasteiger partial charge in [0.2, 0.25) is 0 Å². The summed E-state index contributed by atoms with van der Waals surface area (Å²) >= 11 is 0. The van der Waals surface area contributed by atoms with Crippen molar-refractivity contribution in [2.75, 3.05) is 6.61 Å². The Bertz CT molecular complexity index is 1010. The molecule has 0 bridgehead atoms. The normalized spacial score (nSPS) is 24.5. The highest BCUT2D eigenvalue weighted by molar-refractivity contribution is 5.89. The van der Waals surface area contributed by atoms with Gasteiger partial charge in [-0.15, -0.1) is 0 Å². The number of ether oxygens (including phenoxy) is 4. The topological polar surface area (TPSA) is 94.5 Å². The molecule has 0 aliphatic carbocycles. The molecule has 1 saturated heterocycles. The maximum absolute atomic E-state index is 12.7. The second-order valence-corrected chi connectivity index (χ2v) is 8.05. The van der Waals surface area contributed by atoms with Crippen molar-refractivity contribution in [2.45, 2.75) is 43.9 Å². The molecule has 0 unspecified atom stereocenters. The van der Waals surface area contributed by atoms with Gasteiger partial charge >= 0.3 is 5.97 Å². The Labute approximate surface area is 198 Å². The largest absolute Gasteiger partial charge is 0.453 e. The maximum atomic E-state index is 12.7. The first-order valence-electron chi connectivity index (χ1n) is 11.2. The molecule has 4 rings (SSSR count). The maximum Gasteiger partial charge on any atom is 0.338 e. The number of carbonyl (C=O) groups is 1. The Morgan fingerprint density at radius 1 is 0.765 bits per heavy atom. The molecule has 3 aromatic carbocycles. The van der Waals surface area contributed by atoms with E-state index in [-0.39, 0.29) is 13.2 Å². The molecular formula is C27H28O7. The van der Waals surface area contributed by atoms with Gasteiger partial charge in [-0.3, -0.25) is 0 Å². The van der Waals surface area contributed by atoms with E-state index in [1.54, 1.807) is 30.3 Å². The van der Waals surface area contributed by atoms with Crippen LogP contribution in [0.4, 0.5) is 0 Å². The van der Waals surface area contributed by atoms with Gasteiger partial charge in [0, 0.05) is 0 Å². The van der Waals surface area contributed by atoms with E-state index in [1.807, 2.05) is 60.7 Å². The molecule has 1 heterocycles. The number of hydrogen-bond donors (Lipinski definition) is 2. The fourth-order valence-corrected chi connectivity index (χ4v) is 3.78. The molecule has 1 fully saturated rings. The first-order chi connectivity index (χ1) is 16.6. The van der Waals surface area contributed by atoms with Crippen LogP contribution in [0.15, 0.2) is 91.0 Å². The Morgan fingerprint density at radius 3 is 1.94 bits per heavy atom. The molecule has 1 aliphatic heterocycles. The summed E-state index contributed by atoms with van der Waals surface area (Å²) < 4.78 is 23.2. The van der Waals surface area contributed by atoms with Crippen LogP contribution in [0.25, 0.3) is 0 Å². The highest BCUT2D eigenvalue weighted by Gasteiger charge is 2.48. The fraction of sp³-hybridized carbons (Fsp3) is 0.296. The van der Waals surface area contributed by atoms with Gasteiger partial charge in [0.15, 0.2) is 12.4 Å². The summed E-state index contributed by atoms with van der Waals surface area (Å²) in [5, 5.41) is 21.0. The van der Waals surface area contributed by atoms with Gasteiger partial charge in [-0.2, -0.15) is 0 Å². The van der Waals surface area contributed by atoms with Crippen molar-refractivity contribution in [2.24, 2.45) is 0 Å². The van der Waals surface area contributed by atoms with Crippen LogP contribution >= 0.6 is 0 Å². The van der Waals surface area contributed by atoms with Crippen LogP contribution in [0.2, 0.25) is 0 Å². The van der Waals surface area contributed by atoms with Gasteiger partial charge < -0.3 is 29.2 Å². The van der Waals surface area contributed by atoms with Gasteiger partial charge in [-0.05, 0) is 23.3 Å². The number of aliphatic hydroxyl groups is 2. The van der Waals surface area contributed by atoms with Crippen molar-refractivity contribution in [3.8, 4) is 0 Å². The van der Waals surface area contributed by atoms with Crippen molar-refractivity contribution in [3.05, 3.63) is 108 Å². The van der Waals surface area contributed by atoms with E-state index in [0.717, 1.165) is 11.1 Å². The van der Waals surface area contributed by atoms with Crippen LogP contribution in [0.5, 0.6) is 0 Å². The minimum atomic E-state index is -1.56. The molecule has 0 saturated carbocycles. The lowest BCUT2D eigenvalue weighted by molar-refractivity contribution is -0.297. The smallest absolute Gasteiger partial charge is 0.338 e. The Morgan fingerprint density at radius 2 is 1.32 bits per heavy atom. The first kappa shape index (κ1) is 24.1. The molecule has 7 heteroatoms. The van der Waals surface area contributed by atoms with E-state index in [9.17, 15) is 15.0 Å². The number of aliphatic hydroxyl groups excluding tert-OH is 2. The summed E-state index contributed by atoms with van der Waals surface area (Å²) in [4.78, 5) is 12.7. The number of hydrogen-bond acceptors (Lipinski definition) is 7. The predicted molar refractivity (Wildman–Crippen MR) is 124 cm³/mol. The molecule has 1 aliphatic rings. The zero-order chi connectivity index (χ0) is 23.8. The quantitative estimate of drug-likeness (QED) is 0.470. The Balaban J connectivity index is 1.50. The average molecular weight is 465 g/mol. The van der Waals surface area contributed by atoms with E-state index in [2.05, 4.69) is 0 Å². The molecule has 0 radical (unpaired) electrons. The first-order valence-corrected chi connectivity index (χ1v) is 11.2. The SMILES string of the molecule is O=C(O[C@@H]1[C@@H](O)[C@@H](O)O[C@H](COCc2ccccc2)[C@H]1OCc1ccccc1)c1ccccc1. The average Bonchev–Trinajstić information content (AvgIpc) is 2.88. The lowest BCUT2D eigenvalue weighted by Gasteiger charge is -2.42. The lowest BCUT2D eigenvalue weighted by atomic mass is 9.98. The standard InChI is InChI=1S/C27H28O7/c28-23-25(34-26(29)21-14-8-3-9-15-21)24(32-17-20-12-6-2-7-13-20)22(33-27(23)30)18-31-16-19-10-4-1-5-11-19/h1-15,22-25,27-28,30H,16-18H2/t22-,23-,24-,25-,27+/m1/s1. The molecule has 34 heavy (non-hydrogen) atoms. The molecule has 0 aromatic heterocycles. The van der Waals surface area contributed by atoms with Gasteiger partial charge in [-0.25, -0.2) is 4.79 Å². The third-order valence-corrected chi connectivity index (χ3v) is 5.56. The van der Waals surface area contributed by atoms with Crippen molar-refractivity contribution in [1.82, 2.24) is 0 Å². The van der Waals surface area contributed by atoms with Crippen LogP contribution < -0.4 is 0 Å². The molecule has 178 valence electrons. The van der Waals surface area contributed by atoms with Crippen molar-refractivity contribution < 1.29 is 34.0 Å². The van der Waals surface area contributed by atoms with E-state index >= 15 is 0 Å². The van der Waals surface area contributed by atoms with E-state index in [0.29, 0.717) is 12.2 Å². The van der Waals surface area contributed by atoms with E-state index in [1.165, 1.54) is 0 Å². The summed E-state index contributed by atoms with van der Waals surface area (Å²) in [6.07, 6.45) is -5.86. The van der Waals surface area contributed by atoms with Crippen LogP contribution in [-0.4, -0.2) is 53.5 Å². The zero-order valence-corrected chi connectivity index (χ0v) is 18.6. The van der Waals surface area contributed by atoms with Gasteiger partial charge in [0.25, 0.3) is 0 Å². The number of esters is 1. The highest BCUT2D eigenvalue weighted by Crippen LogP contribution is 2.27. The Hall–Kier alpha value is -3.07. The monoisotopic (exact) mass is 464 g/mol. The summed E-state index contributed by atoms with van der Waals surface area (Å²) in [5.74, 6) is -0.629. The van der Waals surface area contributed by atoms with E-state index < -0.39 is 36.7 Å². The van der Waals surface area contributed by atoms with Crippen LogP contribution in [0, 0.1) is 0 Å². The molecular weight excluding hydrogens is 436 g/mol. The minimum absolute atomic E-state index is 0.0670. The van der Waals surface area contributed by atoms with E-state index in [4.69, 9.17) is 18.9 Å². The fourth-order valence-electron chi connectivity index (χ4n) is 3.78. The molecule has 0 amide bonds.